The van der Waals surface area contributed by atoms with Gasteiger partial charge in [-0.1, -0.05) is 34.8 Å². The zero-order valence-electron chi connectivity index (χ0n) is 7.62. The van der Waals surface area contributed by atoms with Crippen LogP contribution in [0.5, 0.6) is 0 Å². The van der Waals surface area contributed by atoms with Crippen molar-refractivity contribution >= 4 is 34.8 Å². The van der Waals surface area contributed by atoms with E-state index in [0.717, 1.165) is 0 Å². The average molecular weight is 271 g/mol. The van der Waals surface area contributed by atoms with Crippen LogP contribution in [0.1, 0.15) is 11.7 Å². The molecule has 0 aliphatic rings. The summed E-state index contributed by atoms with van der Waals surface area (Å²) in [7, 11) is 0. The lowest BCUT2D eigenvalue weighted by Gasteiger charge is -2.19. The Morgan fingerprint density at radius 2 is 1.60 bits per heavy atom. The number of halogens is 3. The fraction of sp³-hybridized carbons (Fsp3) is 0.333. The van der Waals surface area contributed by atoms with Gasteiger partial charge in [-0.15, -0.1) is 0 Å². The second kappa shape index (κ2) is 5.34. The minimum absolute atomic E-state index is 0.0869. The molecule has 1 rings (SSSR count). The van der Waals surface area contributed by atoms with Gasteiger partial charge in [-0.3, -0.25) is 0 Å². The maximum atomic E-state index is 9.70. The molecule has 0 bridgehead atoms. The molecule has 15 heavy (non-hydrogen) atoms. The molecule has 0 aliphatic carbocycles. The lowest BCUT2D eigenvalue weighted by Crippen LogP contribution is -2.27. The van der Waals surface area contributed by atoms with E-state index >= 15 is 0 Å². The second-order valence-electron chi connectivity index (χ2n) is 3.03. The van der Waals surface area contributed by atoms with Gasteiger partial charge in [-0.05, 0) is 12.1 Å². The van der Waals surface area contributed by atoms with Gasteiger partial charge in [-0.2, -0.15) is 0 Å². The SMILES string of the molecule is NCC(O)C(O)c1c(Cl)cc(Cl)cc1Cl. The molecule has 0 saturated carbocycles. The van der Waals surface area contributed by atoms with Crippen LogP contribution in [0.25, 0.3) is 0 Å². The molecule has 2 atom stereocenters. The van der Waals surface area contributed by atoms with Crippen molar-refractivity contribution in [3.05, 3.63) is 32.8 Å². The Morgan fingerprint density at radius 3 is 2.00 bits per heavy atom. The maximum Gasteiger partial charge on any atom is 0.109 e. The molecule has 0 aromatic heterocycles. The van der Waals surface area contributed by atoms with Crippen molar-refractivity contribution in [2.24, 2.45) is 5.73 Å². The van der Waals surface area contributed by atoms with Crippen LogP contribution < -0.4 is 5.73 Å². The van der Waals surface area contributed by atoms with Crippen LogP contribution in [0.4, 0.5) is 0 Å². The molecule has 2 unspecified atom stereocenters. The van der Waals surface area contributed by atoms with E-state index in [1.54, 1.807) is 0 Å². The minimum Gasteiger partial charge on any atom is -0.389 e. The molecule has 0 fully saturated rings. The summed E-state index contributed by atoms with van der Waals surface area (Å²) in [5.41, 5.74) is 5.45. The Labute approximate surface area is 102 Å². The summed E-state index contributed by atoms with van der Waals surface area (Å²) >= 11 is 17.4. The number of rotatable bonds is 3. The summed E-state index contributed by atoms with van der Waals surface area (Å²) in [4.78, 5) is 0. The average Bonchev–Trinajstić information content (AvgIpc) is 2.14. The number of aliphatic hydroxyl groups excluding tert-OH is 2. The summed E-state index contributed by atoms with van der Waals surface area (Å²) in [6, 6.07) is 2.88. The van der Waals surface area contributed by atoms with Gasteiger partial charge in [0.05, 0.1) is 6.10 Å². The molecule has 0 aliphatic heterocycles. The van der Waals surface area contributed by atoms with E-state index in [-0.39, 0.29) is 22.2 Å². The van der Waals surface area contributed by atoms with Gasteiger partial charge in [0.15, 0.2) is 0 Å². The van der Waals surface area contributed by atoms with Crippen molar-refractivity contribution in [2.45, 2.75) is 12.2 Å². The van der Waals surface area contributed by atoms with Crippen molar-refractivity contribution in [2.75, 3.05) is 6.54 Å². The highest BCUT2D eigenvalue weighted by atomic mass is 35.5. The van der Waals surface area contributed by atoms with E-state index in [2.05, 4.69) is 0 Å². The Bertz CT molecular complexity index is 336. The molecule has 0 amide bonds. The van der Waals surface area contributed by atoms with Crippen LogP contribution in [-0.4, -0.2) is 22.9 Å². The highest BCUT2D eigenvalue weighted by Gasteiger charge is 2.22. The summed E-state index contributed by atoms with van der Waals surface area (Å²) in [5, 5.41) is 19.8. The number of hydrogen-bond acceptors (Lipinski definition) is 3. The fourth-order valence-electron chi connectivity index (χ4n) is 1.16. The third-order valence-electron chi connectivity index (χ3n) is 1.95. The molecule has 0 radical (unpaired) electrons. The van der Waals surface area contributed by atoms with Gasteiger partial charge in [0.1, 0.15) is 6.10 Å². The van der Waals surface area contributed by atoms with Gasteiger partial charge in [0.25, 0.3) is 0 Å². The van der Waals surface area contributed by atoms with Crippen molar-refractivity contribution < 1.29 is 10.2 Å². The second-order valence-corrected chi connectivity index (χ2v) is 4.28. The quantitative estimate of drug-likeness (QED) is 0.787. The fourth-order valence-corrected chi connectivity index (χ4v) is 2.20. The Morgan fingerprint density at radius 1 is 1.13 bits per heavy atom. The predicted molar refractivity (Wildman–Crippen MR) is 61.5 cm³/mol. The van der Waals surface area contributed by atoms with Crippen LogP contribution >= 0.6 is 34.8 Å². The Hall–Kier alpha value is -0.0300. The van der Waals surface area contributed by atoms with Crippen LogP contribution in [-0.2, 0) is 0 Å². The molecular formula is C9H10Cl3NO2. The largest absolute Gasteiger partial charge is 0.389 e. The normalized spacial score (nSPS) is 15.1. The number of benzene rings is 1. The van der Waals surface area contributed by atoms with Crippen LogP contribution in [0.3, 0.4) is 0 Å². The lowest BCUT2D eigenvalue weighted by atomic mass is 10.0. The van der Waals surface area contributed by atoms with Crippen molar-refractivity contribution in [3.63, 3.8) is 0 Å². The predicted octanol–water partition coefficient (Wildman–Crippen LogP) is 2.00. The number of nitrogens with two attached hydrogens (primary N) is 1. The van der Waals surface area contributed by atoms with E-state index in [9.17, 15) is 10.2 Å². The molecular weight excluding hydrogens is 260 g/mol. The van der Waals surface area contributed by atoms with E-state index in [0.29, 0.717) is 5.02 Å². The van der Waals surface area contributed by atoms with Crippen molar-refractivity contribution in [3.8, 4) is 0 Å². The summed E-state index contributed by atoms with van der Waals surface area (Å²) < 4.78 is 0. The third kappa shape index (κ3) is 2.97. The lowest BCUT2D eigenvalue weighted by molar-refractivity contribution is 0.0244. The maximum absolute atomic E-state index is 9.70. The first kappa shape index (κ1) is 13.0. The van der Waals surface area contributed by atoms with Gasteiger partial charge >= 0.3 is 0 Å². The topological polar surface area (TPSA) is 66.5 Å². The molecule has 1 aromatic carbocycles. The van der Waals surface area contributed by atoms with Crippen molar-refractivity contribution in [1.82, 2.24) is 0 Å². The molecule has 4 N–H and O–H groups in total. The summed E-state index contributed by atoms with van der Waals surface area (Å²) in [6.07, 6.45) is -2.33. The van der Waals surface area contributed by atoms with Gasteiger partial charge in [-0.25, -0.2) is 0 Å². The molecule has 84 valence electrons. The van der Waals surface area contributed by atoms with E-state index in [1.165, 1.54) is 12.1 Å². The number of hydrogen-bond donors (Lipinski definition) is 3. The van der Waals surface area contributed by atoms with Gasteiger partial charge < -0.3 is 15.9 Å². The van der Waals surface area contributed by atoms with E-state index in [4.69, 9.17) is 40.5 Å². The van der Waals surface area contributed by atoms with E-state index in [1.807, 2.05) is 0 Å². The first-order valence-corrected chi connectivity index (χ1v) is 5.31. The first-order chi connectivity index (χ1) is 6.97. The zero-order valence-corrected chi connectivity index (χ0v) is 9.89. The van der Waals surface area contributed by atoms with Crippen LogP contribution in [0.15, 0.2) is 12.1 Å². The number of aliphatic hydroxyl groups is 2. The summed E-state index contributed by atoms with van der Waals surface area (Å²) in [5.74, 6) is 0. The van der Waals surface area contributed by atoms with E-state index < -0.39 is 12.2 Å². The highest BCUT2D eigenvalue weighted by Crippen LogP contribution is 2.34. The Kier molecular flexibility index (Phi) is 4.64. The minimum atomic E-state index is -1.22. The molecule has 1 aromatic rings. The van der Waals surface area contributed by atoms with Gasteiger partial charge in [0.2, 0.25) is 0 Å². The summed E-state index contributed by atoms with van der Waals surface area (Å²) in [6.45, 7) is -0.0869. The highest BCUT2D eigenvalue weighted by molar-refractivity contribution is 6.39. The van der Waals surface area contributed by atoms with Crippen LogP contribution in [0.2, 0.25) is 15.1 Å². The molecule has 6 heteroatoms. The monoisotopic (exact) mass is 269 g/mol. The van der Waals surface area contributed by atoms with Crippen LogP contribution in [0, 0.1) is 0 Å². The Balaban J connectivity index is 3.13. The molecule has 0 heterocycles. The standard InChI is InChI=1S/C9H10Cl3NO2/c10-4-1-5(11)8(6(12)2-4)9(15)7(14)3-13/h1-2,7,9,14-15H,3,13H2. The molecule has 0 spiro atoms. The zero-order chi connectivity index (χ0) is 11.6. The van der Waals surface area contributed by atoms with Crippen molar-refractivity contribution in [1.29, 1.82) is 0 Å². The first-order valence-electron chi connectivity index (χ1n) is 4.18. The molecule has 3 nitrogen and oxygen atoms in total. The van der Waals surface area contributed by atoms with Gasteiger partial charge in [0, 0.05) is 27.2 Å². The smallest absolute Gasteiger partial charge is 0.109 e. The molecule has 0 saturated heterocycles. The third-order valence-corrected chi connectivity index (χ3v) is 2.79.